The first-order valence-corrected chi connectivity index (χ1v) is 8.26. The topological polar surface area (TPSA) is 78.3 Å². The number of carbonyl (C=O) groups is 1. The number of amides is 1. The number of aryl methyl sites for hydroxylation is 2. The molecule has 0 bridgehead atoms. The number of aromatic nitrogens is 3. The minimum atomic E-state index is -0.241. The molecule has 126 valence electrons. The first-order chi connectivity index (χ1) is 11.6. The molecular weight excluding hydrogens is 328 g/mol. The van der Waals surface area contributed by atoms with Crippen LogP contribution in [0.15, 0.2) is 18.2 Å². The average Bonchev–Trinajstić information content (AvgIpc) is 3.16. The maximum absolute atomic E-state index is 12.5. The Hall–Kier alpha value is -2.61. The number of fused-ring (bicyclic) bond motifs is 1. The van der Waals surface area contributed by atoms with Crippen LogP contribution in [0, 0.1) is 6.92 Å². The molecule has 0 saturated heterocycles. The van der Waals surface area contributed by atoms with Crippen LogP contribution in [0.5, 0.6) is 11.5 Å². The standard InChI is InChI=1S/C16H18N4O3S/c1-5-20-10(8-9(2)19-20)15(21)18-16-17-13-11(22-3)6-7-12(23-4)14(13)24-16/h6-8H,5H2,1-4H3,(H,17,18,21). The SMILES string of the molecule is CCn1nc(C)cc1C(=O)Nc1nc2c(OC)ccc(OC)c2s1. The summed E-state index contributed by atoms with van der Waals surface area (Å²) in [5.74, 6) is 1.09. The quantitative estimate of drug-likeness (QED) is 0.768. The Bertz CT molecular complexity index is 859. The van der Waals surface area contributed by atoms with E-state index in [1.54, 1.807) is 31.0 Å². The van der Waals surface area contributed by atoms with Crippen LogP contribution in [-0.4, -0.2) is 34.9 Å². The first-order valence-electron chi connectivity index (χ1n) is 7.44. The highest BCUT2D eigenvalue weighted by Crippen LogP contribution is 2.38. The predicted octanol–water partition coefficient (Wildman–Crippen LogP) is 3.09. The number of hydrogen-bond donors (Lipinski definition) is 1. The van der Waals surface area contributed by atoms with Gasteiger partial charge < -0.3 is 9.47 Å². The second-order valence-corrected chi connectivity index (χ2v) is 6.11. The fourth-order valence-corrected chi connectivity index (χ4v) is 3.44. The molecule has 0 aliphatic carbocycles. The van der Waals surface area contributed by atoms with Gasteiger partial charge in [0.1, 0.15) is 27.4 Å². The number of rotatable bonds is 5. The number of anilines is 1. The third-order valence-electron chi connectivity index (χ3n) is 3.57. The predicted molar refractivity (Wildman–Crippen MR) is 93.3 cm³/mol. The van der Waals surface area contributed by atoms with E-state index in [-0.39, 0.29) is 5.91 Å². The van der Waals surface area contributed by atoms with Crippen LogP contribution >= 0.6 is 11.3 Å². The zero-order valence-corrected chi connectivity index (χ0v) is 14.7. The Kier molecular flexibility index (Phi) is 4.39. The zero-order chi connectivity index (χ0) is 17.3. The molecule has 1 amide bonds. The van der Waals surface area contributed by atoms with Crippen LogP contribution in [0.2, 0.25) is 0 Å². The molecule has 3 aromatic rings. The van der Waals surface area contributed by atoms with Gasteiger partial charge in [0.2, 0.25) is 0 Å². The molecule has 0 saturated carbocycles. The molecule has 8 heteroatoms. The van der Waals surface area contributed by atoms with Crippen molar-refractivity contribution in [1.29, 1.82) is 0 Å². The van der Waals surface area contributed by atoms with Gasteiger partial charge in [0.15, 0.2) is 5.13 Å². The molecule has 24 heavy (non-hydrogen) atoms. The Balaban J connectivity index is 1.96. The average molecular weight is 346 g/mol. The molecule has 0 aliphatic heterocycles. The van der Waals surface area contributed by atoms with Gasteiger partial charge >= 0.3 is 0 Å². The van der Waals surface area contributed by atoms with E-state index in [2.05, 4.69) is 15.4 Å². The minimum Gasteiger partial charge on any atom is -0.495 e. The zero-order valence-electron chi connectivity index (χ0n) is 13.9. The summed E-state index contributed by atoms with van der Waals surface area (Å²) < 4.78 is 13.2. The lowest BCUT2D eigenvalue weighted by atomic mass is 10.3. The van der Waals surface area contributed by atoms with Crippen molar-refractivity contribution in [2.24, 2.45) is 0 Å². The van der Waals surface area contributed by atoms with Crippen molar-refractivity contribution in [3.63, 3.8) is 0 Å². The maximum Gasteiger partial charge on any atom is 0.275 e. The molecular formula is C16H18N4O3S. The third-order valence-corrected chi connectivity index (χ3v) is 4.55. The molecule has 0 radical (unpaired) electrons. The molecule has 1 N–H and O–H groups in total. The summed E-state index contributed by atoms with van der Waals surface area (Å²) >= 11 is 1.34. The van der Waals surface area contributed by atoms with E-state index in [1.807, 2.05) is 19.9 Å². The van der Waals surface area contributed by atoms with Crippen LogP contribution in [0.25, 0.3) is 10.2 Å². The Labute approximate surface area is 143 Å². The Morgan fingerprint density at radius 3 is 2.67 bits per heavy atom. The summed E-state index contributed by atoms with van der Waals surface area (Å²) in [6.07, 6.45) is 0. The minimum absolute atomic E-state index is 0.241. The second-order valence-electron chi connectivity index (χ2n) is 5.11. The Morgan fingerprint density at radius 2 is 2.00 bits per heavy atom. The molecule has 2 aromatic heterocycles. The van der Waals surface area contributed by atoms with Gasteiger partial charge in [-0.05, 0) is 32.0 Å². The van der Waals surface area contributed by atoms with Crippen LogP contribution in [0.1, 0.15) is 23.1 Å². The van der Waals surface area contributed by atoms with Crippen molar-refractivity contribution in [1.82, 2.24) is 14.8 Å². The Morgan fingerprint density at radius 1 is 1.29 bits per heavy atom. The molecule has 0 aliphatic rings. The van der Waals surface area contributed by atoms with Gasteiger partial charge in [0, 0.05) is 6.54 Å². The molecule has 0 atom stereocenters. The lowest BCUT2D eigenvalue weighted by molar-refractivity contribution is 0.101. The van der Waals surface area contributed by atoms with E-state index in [4.69, 9.17) is 9.47 Å². The molecule has 2 heterocycles. The van der Waals surface area contributed by atoms with Gasteiger partial charge in [-0.3, -0.25) is 14.8 Å². The summed E-state index contributed by atoms with van der Waals surface area (Å²) in [5.41, 5.74) is 1.97. The van der Waals surface area contributed by atoms with Crippen LogP contribution in [0.4, 0.5) is 5.13 Å². The van der Waals surface area contributed by atoms with Gasteiger partial charge in [-0.2, -0.15) is 5.10 Å². The molecule has 1 aromatic carbocycles. The van der Waals surface area contributed by atoms with E-state index >= 15 is 0 Å². The smallest absolute Gasteiger partial charge is 0.275 e. The summed E-state index contributed by atoms with van der Waals surface area (Å²) in [4.78, 5) is 17.0. The van der Waals surface area contributed by atoms with Crippen molar-refractivity contribution in [2.45, 2.75) is 20.4 Å². The van der Waals surface area contributed by atoms with Gasteiger partial charge in [-0.15, -0.1) is 0 Å². The molecule has 0 fully saturated rings. The lowest BCUT2D eigenvalue weighted by Crippen LogP contribution is -2.17. The van der Waals surface area contributed by atoms with Crippen molar-refractivity contribution < 1.29 is 14.3 Å². The summed E-state index contributed by atoms with van der Waals surface area (Å²) in [6.45, 7) is 4.42. The highest BCUT2D eigenvalue weighted by atomic mass is 32.1. The van der Waals surface area contributed by atoms with Gasteiger partial charge in [0.25, 0.3) is 5.91 Å². The second kappa shape index (κ2) is 6.48. The fourth-order valence-electron chi connectivity index (χ4n) is 2.47. The fraction of sp³-hybridized carbons (Fsp3) is 0.312. The van der Waals surface area contributed by atoms with E-state index in [0.29, 0.717) is 34.4 Å². The van der Waals surface area contributed by atoms with Crippen LogP contribution in [0.3, 0.4) is 0 Å². The summed E-state index contributed by atoms with van der Waals surface area (Å²) in [5, 5.41) is 7.61. The third kappa shape index (κ3) is 2.80. The van der Waals surface area contributed by atoms with E-state index in [9.17, 15) is 4.79 Å². The lowest BCUT2D eigenvalue weighted by Gasteiger charge is -2.03. The number of methoxy groups -OCH3 is 2. The number of benzene rings is 1. The molecule has 0 spiro atoms. The van der Waals surface area contributed by atoms with Crippen molar-refractivity contribution in [2.75, 3.05) is 19.5 Å². The molecule has 7 nitrogen and oxygen atoms in total. The number of hydrogen-bond acceptors (Lipinski definition) is 6. The summed E-state index contributed by atoms with van der Waals surface area (Å²) in [6, 6.07) is 5.37. The number of nitrogens with zero attached hydrogens (tertiary/aromatic N) is 3. The highest BCUT2D eigenvalue weighted by Gasteiger charge is 2.18. The normalized spacial score (nSPS) is 10.8. The van der Waals surface area contributed by atoms with Crippen LogP contribution < -0.4 is 14.8 Å². The van der Waals surface area contributed by atoms with Gasteiger partial charge in [-0.1, -0.05) is 11.3 Å². The van der Waals surface area contributed by atoms with Crippen LogP contribution in [-0.2, 0) is 6.54 Å². The number of thiazole rings is 1. The maximum atomic E-state index is 12.5. The number of ether oxygens (including phenoxy) is 2. The van der Waals surface area contributed by atoms with Gasteiger partial charge in [0.05, 0.1) is 19.9 Å². The van der Waals surface area contributed by atoms with Crippen molar-refractivity contribution >= 4 is 32.6 Å². The highest BCUT2D eigenvalue weighted by molar-refractivity contribution is 7.22. The van der Waals surface area contributed by atoms with Gasteiger partial charge in [-0.25, -0.2) is 4.98 Å². The van der Waals surface area contributed by atoms with E-state index in [0.717, 1.165) is 10.4 Å². The van der Waals surface area contributed by atoms with E-state index < -0.39 is 0 Å². The molecule has 3 rings (SSSR count). The number of nitrogens with one attached hydrogen (secondary N) is 1. The first kappa shape index (κ1) is 16.3. The monoisotopic (exact) mass is 346 g/mol. The van der Waals surface area contributed by atoms with Crippen molar-refractivity contribution in [3.05, 3.63) is 29.6 Å². The number of carbonyl (C=O) groups excluding carboxylic acids is 1. The summed E-state index contributed by atoms with van der Waals surface area (Å²) in [7, 11) is 3.18. The van der Waals surface area contributed by atoms with E-state index in [1.165, 1.54) is 11.3 Å². The largest absolute Gasteiger partial charge is 0.495 e. The molecule has 0 unspecified atom stereocenters. The van der Waals surface area contributed by atoms with Crippen molar-refractivity contribution in [3.8, 4) is 11.5 Å².